The third kappa shape index (κ3) is 1.29. The lowest BCUT2D eigenvalue weighted by atomic mass is 9.98. The van der Waals surface area contributed by atoms with Crippen molar-refractivity contribution in [2.24, 2.45) is 11.7 Å². The number of rotatable bonds is 2. The minimum absolute atomic E-state index is 0.297. The van der Waals surface area contributed by atoms with Crippen LogP contribution in [-0.2, 0) is 5.41 Å². The maximum atomic E-state index is 6.14. The van der Waals surface area contributed by atoms with Gasteiger partial charge < -0.3 is 10.6 Å². The molecule has 2 N–H and O–H groups in total. The lowest BCUT2D eigenvalue weighted by Gasteiger charge is -2.22. The molecule has 3 rings (SSSR count). The molecule has 16 heavy (non-hydrogen) atoms. The van der Waals surface area contributed by atoms with Crippen LogP contribution in [0.15, 0.2) is 24.3 Å². The van der Waals surface area contributed by atoms with Crippen molar-refractivity contribution in [2.75, 3.05) is 18.0 Å². The van der Waals surface area contributed by atoms with Gasteiger partial charge in [0, 0.05) is 30.2 Å². The number of nitrogens with two attached hydrogens (primary N) is 1. The summed E-state index contributed by atoms with van der Waals surface area (Å²) in [5, 5.41) is 0. The zero-order valence-corrected chi connectivity index (χ0v) is 10.1. The van der Waals surface area contributed by atoms with E-state index in [9.17, 15) is 0 Å². The molecular formula is C14H20N2. The van der Waals surface area contributed by atoms with Crippen molar-refractivity contribution < 1.29 is 0 Å². The van der Waals surface area contributed by atoms with Crippen LogP contribution in [0.3, 0.4) is 0 Å². The number of hydrogen-bond donors (Lipinski definition) is 1. The van der Waals surface area contributed by atoms with Crippen LogP contribution >= 0.6 is 0 Å². The van der Waals surface area contributed by atoms with Crippen LogP contribution < -0.4 is 10.6 Å². The van der Waals surface area contributed by atoms with E-state index in [2.05, 4.69) is 43.0 Å². The molecule has 0 aromatic heterocycles. The lowest BCUT2D eigenvalue weighted by molar-refractivity contribution is 0.589. The van der Waals surface area contributed by atoms with Gasteiger partial charge in [0.2, 0.25) is 0 Å². The van der Waals surface area contributed by atoms with E-state index in [1.807, 2.05) is 0 Å². The summed E-state index contributed by atoms with van der Waals surface area (Å²) in [6.07, 6.45) is 1.17. The molecule has 2 heteroatoms. The Morgan fingerprint density at radius 2 is 2.12 bits per heavy atom. The summed E-state index contributed by atoms with van der Waals surface area (Å²) in [7, 11) is 0. The van der Waals surface area contributed by atoms with Gasteiger partial charge in [0.05, 0.1) is 0 Å². The predicted octanol–water partition coefficient (Wildman–Crippen LogP) is 2.13. The van der Waals surface area contributed by atoms with Crippen LogP contribution in [0.4, 0.5) is 5.69 Å². The molecule has 1 aliphatic heterocycles. The molecule has 2 nitrogen and oxygen atoms in total. The highest BCUT2D eigenvalue weighted by Crippen LogP contribution is 2.55. The molecule has 2 atom stereocenters. The summed E-state index contributed by atoms with van der Waals surface area (Å²) in [5.41, 5.74) is 9.35. The summed E-state index contributed by atoms with van der Waals surface area (Å²) in [6.45, 7) is 6.83. The first-order valence-corrected chi connectivity index (χ1v) is 6.23. The molecule has 1 fully saturated rings. The SMILES string of the molecule is CC(C)CN1CC2(CC2N)c2ccccc21. The number of nitrogens with zero attached hydrogens (tertiary/aromatic N) is 1. The van der Waals surface area contributed by atoms with E-state index >= 15 is 0 Å². The van der Waals surface area contributed by atoms with E-state index in [-0.39, 0.29) is 0 Å². The zero-order chi connectivity index (χ0) is 11.3. The van der Waals surface area contributed by atoms with Crippen LogP contribution in [0.5, 0.6) is 0 Å². The second kappa shape index (κ2) is 3.24. The van der Waals surface area contributed by atoms with E-state index in [1.54, 1.807) is 0 Å². The summed E-state index contributed by atoms with van der Waals surface area (Å²) in [5.74, 6) is 0.707. The van der Waals surface area contributed by atoms with Gasteiger partial charge in [-0.15, -0.1) is 0 Å². The Bertz CT molecular complexity index is 413. The normalized spacial score (nSPS) is 31.2. The molecule has 0 radical (unpaired) electrons. The second-order valence-electron chi connectivity index (χ2n) is 5.76. The second-order valence-corrected chi connectivity index (χ2v) is 5.76. The smallest absolute Gasteiger partial charge is 0.0406 e. The minimum atomic E-state index is 0.297. The van der Waals surface area contributed by atoms with Gasteiger partial charge in [0.15, 0.2) is 0 Å². The first kappa shape index (κ1) is 10.2. The van der Waals surface area contributed by atoms with E-state index in [4.69, 9.17) is 5.73 Å². The fourth-order valence-corrected chi connectivity index (χ4v) is 3.11. The van der Waals surface area contributed by atoms with Crippen LogP contribution in [0, 0.1) is 5.92 Å². The van der Waals surface area contributed by atoms with Crippen molar-refractivity contribution in [3.8, 4) is 0 Å². The van der Waals surface area contributed by atoms with Crippen molar-refractivity contribution in [2.45, 2.75) is 31.7 Å². The van der Waals surface area contributed by atoms with Gasteiger partial charge in [-0.05, 0) is 24.0 Å². The highest BCUT2D eigenvalue weighted by molar-refractivity contribution is 5.66. The van der Waals surface area contributed by atoms with E-state index in [0.29, 0.717) is 17.4 Å². The first-order chi connectivity index (χ1) is 7.63. The highest BCUT2D eigenvalue weighted by atomic mass is 15.2. The number of anilines is 1. The fourth-order valence-electron chi connectivity index (χ4n) is 3.11. The molecule has 2 aliphatic rings. The van der Waals surface area contributed by atoms with Gasteiger partial charge in [-0.1, -0.05) is 32.0 Å². The monoisotopic (exact) mass is 216 g/mol. The van der Waals surface area contributed by atoms with Crippen molar-refractivity contribution in [3.05, 3.63) is 29.8 Å². The van der Waals surface area contributed by atoms with Gasteiger partial charge in [-0.2, -0.15) is 0 Å². The minimum Gasteiger partial charge on any atom is -0.370 e. The van der Waals surface area contributed by atoms with E-state index < -0.39 is 0 Å². The average molecular weight is 216 g/mol. The van der Waals surface area contributed by atoms with E-state index in [0.717, 1.165) is 13.1 Å². The zero-order valence-electron chi connectivity index (χ0n) is 10.1. The summed E-state index contributed by atoms with van der Waals surface area (Å²) in [4.78, 5) is 2.52. The lowest BCUT2D eigenvalue weighted by Crippen LogP contribution is -2.30. The fraction of sp³-hybridized carbons (Fsp3) is 0.571. The number of para-hydroxylation sites is 1. The van der Waals surface area contributed by atoms with Crippen molar-refractivity contribution in [1.82, 2.24) is 0 Å². The Morgan fingerprint density at radius 3 is 2.75 bits per heavy atom. The molecule has 1 heterocycles. The average Bonchev–Trinajstić information content (AvgIpc) is 2.77. The molecule has 1 aromatic rings. The molecular weight excluding hydrogens is 196 g/mol. The maximum absolute atomic E-state index is 6.14. The highest BCUT2D eigenvalue weighted by Gasteiger charge is 2.58. The van der Waals surface area contributed by atoms with Crippen molar-refractivity contribution in [1.29, 1.82) is 0 Å². The summed E-state index contributed by atoms with van der Waals surface area (Å²) >= 11 is 0. The molecule has 0 amide bonds. The number of benzene rings is 1. The Hall–Kier alpha value is -1.02. The molecule has 0 bridgehead atoms. The van der Waals surface area contributed by atoms with Crippen LogP contribution in [-0.4, -0.2) is 19.1 Å². The van der Waals surface area contributed by atoms with Crippen LogP contribution in [0.2, 0.25) is 0 Å². The molecule has 2 unspecified atom stereocenters. The maximum Gasteiger partial charge on any atom is 0.0406 e. The van der Waals surface area contributed by atoms with Crippen LogP contribution in [0.25, 0.3) is 0 Å². The Morgan fingerprint density at radius 1 is 1.44 bits per heavy atom. The summed E-state index contributed by atoms with van der Waals surface area (Å²) < 4.78 is 0. The third-order valence-electron chi connectivity index (χ3n) is 3.97. The summed E-state index contributed by atoms with van der Waals surface area (Å²) in [6, 6.07) is 9.18. The van der Waals surface area contributed by atoms with Gasteiger partial charge in [0.1, 0.15) is 0 Å². The van der Waals surface area contributed by atoms with Gasteiger partial charge in [-0.25, -0.2) is 0 Å². The third-order valence-corrected chi connectivity index (χ3v) is 3.97. The largest absolute Gasteiger partial charge is 0.370 e. The topological polar surface area (TPSA) is 29.3 Å². The first-order valence-electron chi connectivity index (χ1n) is 6.23. The standard InChI is InChI=1S/C14H20N2/c1-10(2)8-16-9-14(7-13(14)15)11-5-3-4-6-12(11)16/h3-6,10,13H,7-9,15H2,1-2H3. The Kier molecular flexibility index (Phi) is 2.05. The molecule has 1 aromatic carbocycles. The van der Waals surface area contributed by atoms with Gasteiger partial charge in [-0.3, -0.25) is 0 Å². The molecule has 1 spiro atoms. The van der Waals surface area contributed by atoms with Gasteiger partial charge >= 0.3 is 0 Å². The quantitative estimate of drug-likeness (QED) is 0.820. The molecule has 0 saturated heterocycles. The Labute approximate surface area is 97.4 Å². The van der Waals surface area contributed by atoms with Crippen LogP contribution in [0.1, 0.15) is 25.8 Å². The Balaban J connectivity index is 1.97. The van der Waals surface area contributed by atoms with Gasteiger partial charge in [0.25, 0.3) is 0 Å². The molecule has 1 aliphatic carbocycles. The molecule has 1 saturated carbocycles. The number of fused-ring (bicyclic) bond motifs is 2. The van der Waals surface area contributed by atoms with Crippen molar-refractivity contribution in [3.63, 3.8) is 0 Å². The van der Waals surface area contributed by atoms with Crippen molar-refractivity contribution >= 4 is 5.69 Å². The molecule has 86 valence electrons. The number of hydrogen-bond acceptors (Lipinski definition) is 2. The van der Waals surface area contributed by atoms with E-state index in [1.165, 1.54) is 17.7 Å². The predicted molar refractivity (Wildman–Crippen MR) is 67.8 cm³/mol.